The molecule has 0 spiro atoms. The molecular weight excluding hydrogens is 693 g/mol. The minimum absolute atomic E-state index is 0.0263. The normalized spacial score (nSPS) is 15.4. The molecule has 0 atom stereocenters. The molecule has 44 heavy (non-hydrogen) atoms. The Bertz CT molecular complexity index is 1010. The fourth-order valence-electron chi connectivity index (χ4n) is 2.77. The summed E-state index contributed by atoms with van der Waals surface area (Å²) in [6, 6.07) is 0. The number of hydrogen-bond donors (Lipinski definition) is 0. The summed E-state index contributed by atoms with van der Waals surface area (Å²) in [7, 11) is -5.96. The lowest BCUT2D eigenvalue weighted by Crippen LogP contribution is -2.75. The van der Waals surface area contributed by atoms with Gasteiger partial charge in [0.15, 0.2) is 0 Å². The monoisotopic (exact) mass is 717 g/mol. The Morgan fingerprint density at radius 2 is 0.818 bits per heavy atom. The zero-order valence-corrected chi connectivity index (χ0v) is 22.9. The topological polar surface area (TPSA) is 74.3 Å². The minimum atomic E-state index is -8.88. The average Bonchev–Trinajstić information content (AvgIpc) is 2.87. The molecule has 266 valence electrons. The number of alkyl halides is 17. The molecule has 7 nitrogen and oxygen atoms in total. The highest BCUT2D eigenvalue weighted by Gasteiger charge is 2.96. The predicted molar refractivity (Wildman–Crippen MR) is 111 cm³/mol. The van der Waals surface area contributed by atoms with Crippen molar-refractivity contribution in [3.63, 3.8) is 0 Å². The molecule has 0 aromatic heterocycles. The number of rotatable bonds is 21. The van der Waals surface area contributed by atoms with Crippen molar-refractivity contribution in [1.82, 2.24) is 4.31 Å². The molecule has 0 radical (unpaired) electrons. The Labute approximate surface area is 237 Å². The summed E-state index contributed by atoms with van der Waals surface area (Å²) in [5, 5.41) is -7.60. The van der Waals surface area contributed by atoms with Crippen molar-refractivity contribution in [3.05, 3.63) is 0 Å². The van der Waals surface area contributed by atoms with Crippen LogP contribution in [0.4, 0.5) is 74.6 Å². The fourth-order valence-corrected chi connectivity index (χ4v) is 4.20. The maximum atomic E-state index is 14.3. The molecule has 0 aliphatic rings. The van der Waals surface area contributed by atoms with Crippen molar-refractivity contribution in [2.24, 2.45) is 0 Å². The Hall–Kier alpha value is -1.44. The number of likely N-dealkylation sites (N-methyl/N-ethyl adjacent to an activating group) is 1. The molecule has 0 rings (SSSR count). The molecule has 0 aliphatic carbocycles. The van der Waals surface area contributed by atoms with E-state index in [1.165, 1.54) is 7.11 Å². The first-order valence-electron chi connectivity index (χ1n) is 11.5. The van der Waals surface area contributed by atoms with Gasteiger partial charge in [-0.15, -0.1) is 0 Å². The molecule has 0 saturated heterocycles. The number of methoxy groups -OCH3 is 1. The summed E-state index contributed by atoms with van der Waals surface area (Å²) in [5.41, 5.74) is 0. The summed E-state index contributed by atoms with van der Waals surface area (Å²) >= 11 is 0. The van der Waals surface area contributed by atoms with Crippen LogP contribution in [0, 0.1) is 0 Å². The van der Waals surface area contributed by atoms with Gasteiger partial charge in [0.2, 0.25) is 0 Å². The molecule has 0 unspecified atom stereocenters. The second-order valence-corrected chi connectivity index (χ2v) is 10.3. The van der Waals surface area contributed by atoms with Crippen LogP contribution in [0.25, 0.3) is 0 Å². The highest BCUT2D eigenvalue weighted by molar-refractivity contribution is 7.90. The maximum absolute atomic E-state index is 14.3. The first-order valence-corrected chi connectivity index (χ1v) is 12.9. The molecule has 0 fully saturated rings. The fraction of sp³-hybridized carbons (Fsp3) is 1.00. The molecule has 0 saturated carbocycles. The van der Waals surface area contributed by atoms with Crippen LogP contribution < -0.4 is 0 Å². The van der Waals surface area contributed by atoms with Crippen molar-refractivity contribution in [2.45, 2.75) is 53.9 Å². The van der Waals surface area contributed by atoms with Crippen LogP contribution in [-0.4, -0.2) is 126 Å². The maximum Gasteiger partial charge on any atom is 0.460 e. The number of sulfonamides is 1. The summed E-state index contributed by atoms with van der Waals surface area (Å²) in [5.74, 6) is -51.8. The largest absolute Gasteiger partial charge is 0.460 e. The van der Waals surface area contributed by atoms with Crippen LogP contribution in [0.2, 0.25) is 0 Å². The third-order valence-electron chi connectivity index (χ3n) is 5.37. The Morgan fingerprint density at radius 3 is 1.16 bits per heavy atom. The van der Waals surface area contributed by atoms with Crippen LogP contribution in [0.3, 0.4) is 0 Å². The van der Waals surface area contributed by atoms with Crippen LogP contribution in [-0.2, 0) is 29.0 Å². The second-order valence-electron chi connectivity index (χ2n) is 8.29. The van der Waals surface area contributed by atoms with Gasteiger partial charge in [0.25, 0.3) is 10.0 Å². The Morgan fingerprint density at radius 1 is 0.500 bits per heavy atom. The van der Waals surface area contributed by atoms with Crippen LogP contribution in [0.15, 0.2) is 0 Å². The molecule has 0 aromatic rings. The van der Waals surface area contributed by atoms with Crippen LogP contribution in [0.5, 0.6) is 0 Å². The molecular formula is C19H24F17NO6S. The molecule has 0 amide bonds. The Balaban J connectivity index is 5.96. The SMILES string of the molecule is CCN(CCOCCOCCOCCOC)S(=O)(=O)C(F)(F)C(F)(F)C(F)(F)C(F)(F)C(F)(F)C(F)(F)C(F)(F)C(F)(F)F. The average molecular weight is 717 g/mol. The Kier molecular flexibility index (Phi) is 14.1. The molecule has 0 aliphatic heterocycles. The summed E-state index contributed by atoms with van der Waals surface area (Å²) in [6.07, 6.45) is -7.89. The van der Waals surface area contributed by atoms with Crippen molar-refractivity contribution >= 4 is 10.0 Å². The summed E-state index contributed by atoms with van der Waals surface area (Å²) in [6.45, 7) is -3.42. The van der Waals surface area contributed by atoms with Gasteiger partial charge in [-0.2, -0.15) is 78.9 Å². The smallest absolute Gasteiger partial charge is 0.382 e. The molecule has 0 N–H and O–H groups in total. The van der Waals surface area contributed by atoms with Crippen molar-refractivity contribution < 1.29 is 102 Å². The molecule has 25 heteroatoms. The van der Waals surface area contributed by atoms with Gasteiger partial charge in [-0.3, -0.25) is 0 Å². The van der Waals surface area contributed by atoms with E-state index in [2.05, 4.69) is 4.74 Å². The number of halogens is 17. The van der Waals surface area contributed by atoms with Gasteiger partial charge in [-0.25, -0.2) is 8.42 Å². The first kappa shape index (κ1) is 42.6. The van der Waals surface area contributed by atoms with Gasteiger partial charge in [0.05, 0.1) is 46.2 Å². The lowest BCUT2D eigenvalue weighted by atomic mass is 9.91. The van der Waals surface area contributed by atoms with Crippen molar-refractivity contribution in [1.29, 1.82) is 0 Å². The highest BCUT2D eigenvalue weighted by Crippen LogP contribution is 2.64. The van der Waals surface area contributed by atoms with E-state index in [4.69, 9.17) is 14.2 Å². The zero-order valence-electron chi connectivity index (χ0n) is 22.1. The van der Waals surface area contributed by atoms with E-state index < -0.39 is 87.6 Å². The van der Waals surface area contributed by atoms with Gasteiger partial charge < -0.3 is 18.9 Å². The van der Waals surface area contributed by atoms with E-state index in [-0.39, 0.29) is 33.0 Å². The van der Waals surface area contributed by atoms with Crippen molar-refractivity contribution in [3.8, 4) is 0 Å². The van der Waals surface area contributed by atoms with E-state index in [1.54, 1.807) is 0 Å². The number of ether oxygens (including phenoxy) is 4. The van der Waals surface area contributed by atoms with Crippen molar-refractivity contribution in [2.75, 3.05) is 66.4 Å². The minimum Gasteiger partial charge on any atom is -0.382 e. The van der Waals surface area contributed by atoms with Gasteiger partial charge in [0.1, 0.15) is 0 Å². The van der Waals surface area contributed by atoms with E-state index in [9.17, 15) is 83.1 Å². The van der Waals surface area contributed by atoms with Gasteiger partial charge in [0, 0.05) is 20.2 Å². The third-order valence-corrected chi connectivity index (χ3v) is 7.40. The highest BCUT2D eigenvalue weighted by atomic mass is 32.2. The quantitative estimate of drug-likeness (QED) is 0.119. The summed E-state index contributed by atoms with van der Waals surface area (Å²) < 4.78 is 271. The van der Waals surface area contributed by atoms with E-state index >= 15 is 0 Å². The first-order chi connectivity index (χ1) is 19.5. The number of nitrogens with zero attached hydrogens (tertiary/aromatic N) is 1. The van der Waals surface area contributed by atoms with E-state index in [0.29, 0.717) is 6.92 Å². The van der Waals surface area contributed by atoms with E-state index in [1.807, 2.05) is 0 Å². The lowest BCUT2D eigenvalue weighted by Gasteiger charge is -2.43. The third kappa shape index (κ3) is 7.57. The summed E-state index contributed by atoms with van der Waals surface area (Å²) in [4.78, 5) is 0. The standard InChI is InChI=1S/C19H24F17NO6S/c1-3-37(4-5-41-8-9-43-11-10-42-7-6-40-2)44(38,39)19(35,36)17(30,31)15(26,27)13(22,23)12(20,21)14(24,25)16(28,29)18(32,33)34/h3-11H2,1-2H3. The number of hydrogen-bond acceptors (Lipinski definition) is 6. The lowest BCUT2D eigenvalue weighted by molar-refractivity contribution is -0.458. The van der Waals surface area contributed by atoms with Gasteiger partial charge in [-0.05, 0) is 0 Å². The molecule has 0 bridgehead atoms. The molecule has 0 aromatic carbocycles. The van der Waals surface area contributed by atoms with E-state index in [0.717, 1.165) is 0 Å². The van der Waals surface area contributed by atoms with Crippen LogP contribution in [0.1, 0.15) is 6.92 Å². The van der Waals surface area contributed by atoms with Crippen LogP contribution >= 0.6 is 0 Å². The zero-order chi connectivity index (χ0) is 35.3. The predicted octanol–water partition coefficient (Wildman–Crippen LogP) is 5.30. The second kappa shape index (κ2) is 14.5. The van der Waals surface area contributed by atoms with Gasteiger partial charge >= 0.3 is 47.0 Å². The molecule has 0 heterocycles. The van der Waals surface area contributed by atoms with Gasteiger partial charge in [-0.1, -0.05) is 6.92 Å².